The van der Waals surface area contributed by atoms with E-state index in [2.05, 4.69) is 60.1 Å². The molecule has 0 aliphatic rings. The quantitative estimate of drug-likeness (QED) is 0.752. The van der Waals surface area contributed by atoms with E-state index in [1.54, 1.807) is 0 Å². The van der Waals surface area contributed by atoms with Crippen LogP contribution in [0.1, 0.15) is 71.8 Å². The first-order chi connectivity index (χ1) is 7.59. The Bertz CT molecular complexity index is 386. The van der Waals surface area contributed by atoms with Gasteiger partial charge in [-0.05, 0) is 18.8 Å². The molecule has 0 atom stereocenters. The van der Waals surface area contributed by atoms with Gasteiger partial charge in [0, 0.05) is 23.2 Å². The SMILES string of the molecule is CCCn1nc(C)c(C(C)(C)C)c1C(C)(C)C. The molecule has 0 radical (unpaired) electrons. The van der Waals surface area contributed by atoms with Gasteiger partial charge in [0.1, 0.15) is 0 Å². The molecule has 0 saturated carbocycles. The normalized spacial score (nSPS) is 13.2. The Labute approximate surface area is 106 Å². The molecule has 98 valence electrons. The number of hydrogen-bond acceptors (Lipinski definition) is 1. The summed E-state index contributed by atoms with van der Waals surface area (Å²) in [6, 6.07) is 0. The van der Waals surface area contributed by atoms with Gasteiger partial charge in [0.2, 0.25) is 0 Å². The van der Waals surface area contributed by atoms with Crippen molar-refractivity contribution in [2.75, 3.05) is 0 Å². The topological polar surface area (TPSA) is 17.8 Å². The molecule has 17 heavy (non-hydrogen) atoms. The molecule has 0 N–H and O–H groups in total. The van der Waals surface area contributed by atoms with E-state index in [9.17, 15) is 0 Å². The summed E-state index contributed by atoms with van der Waals surface area (Å²) in [5.41, 5.74) is 4.34. The zero-order valence-electron chi connectivity index (χ0n) is 12.8. The lowest BCUT2D eigenvalue weighted by molar-refractivity contribution is 0.463. The van der Waals surface area contributed by atoms with Crippen molar-refractivity contribution in [1.82, 2.24) is 9.78 Å². The van der Waals surface area contributed by atoms with Crippen LogP contribution in [0.25, 0.3) is 0 Å². The average molecular weight is 236 g/mol. The second-order valence-corrected chi connectivity index (χ2v) is 7.03. The van der Waals surface area contributed by atoms with Crippen LogP contribution < -0.4 is 0 Å². The molecule has 0 aromatic carbocycles. The lowest BCUT2D eigenvalue weighted by atomic mass is 9.78. The van der Waals surface area contributed by atoms with Gasteiger partial charge in [0.15, 0.2) is 0 Å². The molecule has 0 unspecified atom stereocenters. The largest absolute Gasteiger partial charge is 0.268 e. The van der Waals surface area contributed by atoms with Crippen LogP contribution in [0, 0.1) is 6.92 Å². The lowest BCUT2D eigenvalue weighted by Crippen LogP contribution is -2.25. The van der Waals surface area contributed by atoms with Gasteiger partial charge in [-0.2, -0.15) is 5.10 Å². The second kappa shape index (κ2) is 4.47. The highest BCUT2D eigenvalue weighted by Gasteiger charge is 2.31. The first-order valence-corrected chi connectivity index (χ1v) is 6.67. The molecule has 0 fully saturated rings. The fraction of sp³-hybridized carbons (Fsp3) is 0.800. The zero-order chi connectivity index (χ0) is 13.4. The van der Waals surface area contributed by atoms with Crippen LogP contribution in [0.15, 0.2) is 0 Å². The third kappa shape index (κ3) is 2.91. The summed E-state index contributed by atoms with van der Waals surface area (Å²) in [4.78, 5) is 0. The van der Waals surface area contributed by atoms with Crippen molar-refractivity contribution < 1.29 is 0 Å². The van der Waals surface area contributed by atoms with Crippen molar-refractivity contribution in [2.45, 2.75) is 79.2 Å². The fourth-order valence-corrected chi connectivity index (χ4v) is 2.62. The first kappa shape index (κ1) is 14.3. The molecule has 0 aliphatic carbocycles. The predicted octanol–water partition coefficient (Wildman–Crippen LogP) is 4.20. The summed E-state index contributed by atoms with van der Waals surface area (Å²) in [7, 11) is 0. The highest BCUT2D eigenvalue weighted by atomic mass is 15.3. The minimum atomic E-state index is 0.152. The van der Waals surface area contributed by atoms with E-state index in [-0.39, 0.29) is 10.8 Å². The van der Waals surface area contributed by atoms with Gasteiger partial charge in [0.05, 0.1) is 5.69 Å². The van der Waals surface area contributed by atoms with Gasteiger partial charge in [-0.1, -0.05) is 48.5 Å². The smallest absolute Gasteiger partial charge is 0.0634 e. The van der Waals surface area contributed by atoms with Gasteiger partial charge < -0.3 is 0 Å². The van der Waals surface area contributed by atoms with Crippen LogP contribution in [0.4, 0.5) is 0 Å². The maximum absolute atomic E-state index is 4.75. The van der Waals surface area contributed by atoms with Crippen molar-refractivity contribution in [1.29, 1.82) is 0 Å². The van der Waals surface area contributed by atoms with Gasteiger partial charge >= 0.3 is 0 Å². The molecule has 0 saturated heterocycles. The van der Waals surface area contributed by atoms with E-state index in [1.165, 1.54) is 17.0 Å². The monoisotopic (exact) mass is 236 g/mol. The summed E-state index contributed by atoms with van der Waals surface area (Å²) in [6.07, 6.45) is 1.13. The van der Waals surface area contributed by atoms with Gasteiger partial charge in [-0.25, -0.2) is 0 Å². The van der Waals surface area contributed by atoms with Crippen LogP contribution in [0.2, 0.25) is 0 Å². The number of aryl methyl sites for hydroxylation is 2. The molecular weight excluding hydrogens is 208 g/mol. The molecule has 2 heteroatoms. The Balaban J connectivity index is 3.49. The maximum Gasteiger partial charge on any atom is 0.0634 e. The van der Waals surface area contributed by atoms with Crippen molar-refractivity contribution in [3.8, 4) is 0 Å². The summed E-state index contributed by atoms with van der Waals surface area (Å²) >= 11 is 0. The van der Waals surface area contributed by atoms with Crippen molar-refractivity contribution >= 4 is 0 Å². The molecule has 1 aromatic heterocycles. The van der Waals surface area contributed by atoms with E-state index < -0.39 is 0 Å². The molecule has 0 spiro atoms. The summed E-state index contributed by atoms with van der Waals surface area (Å²) in [5, 5.41) is 4.75. The molecule has 0 bridgehead atoms. The Morgan fingerprint density at radius 3 is 1.88 bits per heavy atom. The number of aromatic nitrogens is 2. The Morgan fingerprint density at radius 2 is 1.53 bits per heavy atom. The minimum Gasteiger partial charge on any atom is -0.268 e. The van der Waals surface area contributed by atoms with E-state index in [0.717, 1.165) is 13.0 Å². The fourth-order valence-electron chi connectivity index (χ4n) is 2.62. The third-order valence-corrected chi connectivity index (χ3v) is 3.02. The molecule has 1 heterocycles. The number of nitrogens with zero attached hydrogens (tertiary/aromatic N) is 2. The average Bonchev–Trinajstić information content (AvgIpc) is 2.41. The van der Waals surface area contributed by atoms with Gasteiger partial charge in [-0.3, -0.25) is 4.68 Å². The molecule has 2 nitrogen and oxygen atoms in total. The van der Waals surface area contributed by atoms with Crippen LogP contribution in [-0.4, -0.2) is 9.78 Å². The summed E-state index contributed by atoms with van der Waals surface area (Å²) in [5.74, 6) is 0. The Hall–Kier alpha value is -0.790. The predicted molar refractivity (Wildman–Crippen MR) is 74.7 cm³/mol. The highest BCUT2D eigenvalue weighted by Crippen LogP contribution is 2.36. The Morgan fingerprint density at radius 1 is 1.00 bits per heavy atom. The van der Waals surface area contributed by atoms with Crippen molar-refractivity contribution in [2.24, 2.45) is 0 Å². The van der Waals surface area contributed by atoms with Crippen LogP contribution >= 0.6 is 0 Å². The molecule has 0 amide bonds. The number of rotatable bonds is 2. The van der Waals surface area contributed by atoms with Crippen molar-refractivity contribution in [3.63, 3.8) is 0 Å². The van der Waals surface area contributed by atoms with Crippen molar-refractivity contribution in [3.05, 3.63) is 17.0 Å². The van der Waals surface area contributed by atoms with E-state index in [1.807, 2.05) is 0 Å². The zero-order valence-corrected chi connectivity index (χ0v) is 12.8. The van der Waals surface area contributed by atoms with Gasteiger partial charge in [0.25, 0.3) is 0 Å². The lowest BCUT2D eigenvalue weighted by Gasteiger charge is -2.28. The van der Waals surface area contributed by atoms with Crippen LogP contribution in [0.5, 0.6) is 0 Å². The molecule has 1 aromatic rings. The molecular formula is C15H28N2. The maximum atomic E-state index is 4.75. The standard InChI is InChI=1S/C15H28N2/c1-9-10-17-13(15(6,7)8)12(11(2)16-17)14(3,4)5/h9-10H2,1-8H3. The minimum absolute atomic E-state index is 0.152. The third-order valence-electron chi connectivity index (χ3n) is 3.02. The first-order valence-electron chi connectivity index (χ1n) is 6.67. The van der Waals surface area contributed by atoms with E-state index in [4.69, 9.17) is 5.10 Å². The van der Waals surface area contributed by atoms with E-state index >= 15 is 0 Å². The summed E-state index contributed by atoms with van der Waals surface area (Å²) in [6.45, 7) is 19.1. The highest BCUT2D eigenvalue weighted by molar-refractivity contribution is 5.36. The number of hydrogen-bond donors (Lipinski definition) is 0. The second-order valence-electron chi connectivity index (χ2n) is 7.03. The summed E-state index contributed by atoms with van der Waals surface area (Å²) < 4.78 is 2.22. The van der Waals surface area contributed by atoms with Crippen LogP contribution in [0.3, 0.4) is 0 Å². The Kier molecular flexibility index (Phi) is 3.75. The molecule has 0 aliphatic heterocycles. The van der Waals surface area contributed by atoms with E-state index in [0.29, 0.717) is 0 Å². The van der Waals surface area contributed by atoms with Crippen LogP contribution in [-0.2, 0) is 17.4 Å². The molecule has 1 rings (SSSR count). The van der Waals surface area contributed by atoms with Gasteiger partial charge in [-0.15, -0.1) is 0 Å².